The van der Waals surface area contributed by atoms with E-state index >= 15 is 4.39 Å². The number of hydrogen-bond donors (Lipinski definition) is 2. The number of benzene rings is 1. The molecule has 3 aromatic heterocycles. The van der Waals surface area contributed by atoms with Gasteiger partial charge in [-0.15, -0.1) is 0 Å². The molecule has 0 aliphatic carbocycles. The topological polar surface area (TPSA) is 130 Å². The quantitative estimate of drug-likeness (QED) is 0.207. The first-order valence-corrected chi connectivity index (χ1v) is 13.9. The molecule has 11 nitrogen and oxygen atoms in total. The van der Waals surface area contributed by atoms with E-state index in [-0.39, 0.29) is 33.5 Å². The van der Waals surface area contributed by atoms with Crippen LogP contribution in [0.25, 0.3) is 16.8 Å². The molecule has 0 bridgehead atoms. The van der Waals surface area contributed by atoms with Gasteiger partial charge in [0.25, 0.3) is 0 Å². The summed E-state index contributed by atoms with van der Waals surface area (Å²) in [5.74, 6) is -3.00. The number of nitrogens with zero attached hydrogens (tertiary/aromatic N) is 6. The molecule has 1 saturated heterocycles. The number of methoxy groups -OCH3 is 2. The van der Waals surface area contributed by atoms with Crippen molar-refractivity contribution in [1.29, 1.82) is 0 Å². The molecular weight excluding hydrogens is 654 g/mol. The van der Waals surface area contributed by atoms with Crippen LogP contribution in [-0.4, -0.2) is 78.4 Å². The average Bonchev–Trinajstić information content (AvgIpc) is 3.61. The lowest BCUT2D eigenvalue weighted by Gasteiger charge is -2.45. The lowest BCUT2D eigenvalue weighted by Crippen LogP contribution is -2.56. The third-order valence-electron chi connectivity index (χ3n) is 7.24. The normalized spacial score (nSPS) is 22.9. The number of aromatic nitrogens is 6. The Bertz CT molecular complexity index is 1720. The van der Waals surface area contributed by atoms with Crippen molar-refractivity contribution in [2.45, 2.75) is 56.6 Å². The molecule has 4 aromatic rings. The Kier molecular flexibility index (Phi) is 9.09. The number of pyridine rings is 1. The van der Waals surface area contributed by atoms with Gasteiger partial charge in [0.1, 0.15) is 42.0 Å². The number of alkyl halides is 3. The second kappa shape index (κ2) is 12.4. The monoisotopic (exact) mass is 678 g/mol. The minimum absolute atomic E-state index is 0.0154. The van der Waals surface area contributed by atoms with Crippen LogP contribution >= 0.6 is 23.2 Å². The number of aliphatic hydroxyl groups is 2. The molecule has 45 heavy (non-hydrogen) atoms. The zero-order valence-corrected chi connectivity index (χ0v) is 25.3. The van der Waals surface area contributed by atoms with E-state index in [2.05, 4.69) is 20.2 Å². The second-order valence-corrected chi connectivity index (χ2v) is 11.0. The SMILES string of the molecule is COc1cc(Cl)c(F)c(F)c1-c1cnn(C2[C@@H](OC)C(C(C)O)O[C@@H](c3nc(C)nn3-c3cc(Cl)cnc3C(F)(F)F)[C@H]2O)c1. The number of ether oxygens (including phenoxy) is 3. The highest BCUT2D eigenvalue weighted by Gasteiger charge is 2.51. The first-order chi connectivity index (χ1) is 21.2. The largest absolute Gasteiger partial charge is 0.496 e. The van der Waals surface area contributed by atoms with Crippen molar-refractivity contribution >= 4 is 23.2 Å². The van der Waals surface area contributed by atoms with Crippen LogP contribution in [-0.2, 0) is 15.7 Å². The van der Waals surface area contributed by atoms with Crippen LogP contribution < -0.4 is 4.74 Å². The van der Waals surface area contributed by atoms with E-state index in [1.807, 2.05) is 0 Å². The van der Waals surface area contributed by atoms with Gasteiger partial charge in [-0.25, -0.2) is 23.4 Å². The molecule has 3 unspecified atom stereocenters. The highest BCUT2D eigenvalue weighted by atomic mass is 35.5. The standard InChI is InChI=1S/C27H25Cl2F5N6O5/c1-10(41)22-23(44-4)20(39-9-12(7-36-39)17-16(43-3)6-14(29)18(30)19(17)31)21(42)24(45-22)26-37-11(2)38-40(26)15-5-13(28)8-35-25(15)27(32,33)34/h5-10,20-24,41-42H,1-4H3/t10?,20?,21-,22?,23+,24+/m0/s1. The maximum absolute atomic E-state index is 15.1. The van der Waals surface area contributed by atoms with Crippen LogP contribution in [0, 0.1) is 18.6 Å². The van der Waals surface area contributed by atoms with Crippen molar-refractivity contribution in [3.63, 3.8) is 0 Å². The molecule has 5 rings (SSSR count). The molecule has 0 spiro atoms. The molecule has 1 aromatic carbocycles. The molecule has 242 valence electrons. The first-order valence-electron chi connectivity index (χ1n) is 13.1. The van der Waals surface area contributed by atoms with Crippen LogP contribution in [0.3, 0.4) is 0 Å². The van der Waals surface area contributed by atoms with Crippen molar-refractivity contribution in [2.75, 3.05) is 14.2 Å². The number of hydrogen-bond acceptors (Lipinski definition) is 9. The maximum Gasteiger partial charge on any atom is 0.435 e. The molecule has 6 atom stereocenters. The molecule has 0 amide bonds. The fourth-order valence-corrected chi connectivity index (χ4v) is 5.65. The van der Waals surface area contributed by atoms with Crippen molar-refractivity contribution in [1.82, 2.24) is 29.5 Å². The Morgan fingerprint density at radius 1 is 1.11 bits per heavy atom. The summed E-state index contributed by atoms with van der Waals surface area (Å²) in [5, 5.41) is 30.1. The number of rotatable bonds is 7. The molecule has 1 aliphatic heterocycles. The minimum atomic E-state index is -4.92. The molecule has 0 saturated carbocycles. The predicted molar refractivity (Wildman–Crippen MR) is 148 cm³/mol. The molecule has 1 fully saturated rings. The minimum Gasteiger partial charge on any atom is -0.496 e. The van der Waals surface area contributed by atoms with Crippen molar-refractivity contribution in [3.05, 3.63) is 69.7 Å². The Labute approximate surface area is 262 Å². The number of aliphatic hydroxyl groups excluding tert-OH is 2. The van der Waals surface area contributed by atoms with Gasteiger partial charge in [0.15, 0.2) is 23.2 Å². The van der Waals surface area contributed by atoms with Crippen LogP contribution in [0.15, 0.2) is 30.7 Å². The van der Waals surface area contributed by atoms with Gasteiger partial charge in [0.2, 0.25) is 0 Å². The number of aryl methyl sites for hydroxylation is 1. The average molecular weight is 679 g/mol. The summed E-state index contributed by atoms with van der Waals surface area (Å²) in [7, 11) is 2.51. The fraction of sp³-hybridized carbons (Fsp3) is 0.407. The van der Waals surface area contributed by atoms with Gasteiger partial charge in [-0.05, 0) is 19.9 Å². The Balaban J connectivity index is 1.65. The van der Waals surface area contributed by atoms with E-state index in [1.54, 1.807) is 0 Å². The van der Waals surface area contributed by atoms with Crippen LogP contribution in [0.5, 0.6) is 5.75 Å². The fourth-order valence-electron chi connectivity index (χ4n) is 5.31. The van der Waals surface area contributed by atoms with E-state index in [0.717, 1.165) is 23.0 Å². The second-order valence-electron chi connectivity index (χ2n) is 10.2. The summed E-state index contributed by atoms with van der Waals surface area (Å²) >= 11 is 11.8. The summed E-state index contributed by atoms with van der Waals surface area (Å²) in [4.78, 5) is 7.68. The van der Waals surface area contributed by atoms with E-state index in [1.165, 1.54) is 45.1 Å². The predicted octanol–water partition coefficient (Wildman–Crippen LogP) is 4.88. The molecule has 18 heteroatoms. The highest BCUT2D eigenvalue weighted by Crippen LogP contribution is 2.43. The highest BCUT2D eigenvalue weighted by molar-refractivity contribution is 6.31. The number of halogens is 7. The van der Waals surface area contributed by atoms with Gasteiger partial charge in [-0.1, -0.05) is 23.2 Å². The van der Waals surface area contributed by atoms with Gasteiger partial charge in [-0.3, -0.25) is 4.68 Å². The lowest BCUT2D eigenvalue weighted by atomic mass is 9.89. The summed E-state index contributed by atoms with van der Waals surface area (Å²) in [6.45, 7) is 2.79. The third-order valence-corrected chi connectivity index (χ3v) is 7.72. The van der Waals surface area contributed by atoms with E-state index in [4.69, 9.17) is 37.4 Å². The Hall–Kier alpha value is -3.41. The summed E-state index contributed by atoms with van der Waals surface area (Å²) < 4.78 is 90.2. The molecule has 0 radical (unpaired) electrons. The third kappa shape index (κ3) is 5.97. The molecular formula is C27H25Cl2F5N6O5. The molecule has 2 N–H and O–H groups in total. The van der Waals surface area contributed by atoms with Gasteiger partial charge in [0, 0.05) is 31.1 Å². The maximum atomic E-state index is 15.1. The van der Waals surface area contributed by atoms with E-state index < -0.39 is 70.8 Å². The molecule has 4 heterocycles. The van der Waals surface area contributed by atoms with Gasteiger partial charge in [0.05, 0.1) is 40.7 Å². The van der Waals surface area contributed by atoms with Gasteiger partial charge >= 0.3 is 6.18 Å². The molecule has 1 aliphatic rings. The smallest absolute Gasteiger partial charge is 0.435 e. The van der Waals surface area contributed by atoms with E-state index in [9.17, 15) is 27.8 Å². The summed E-state index contributed by atoms with van der Waals surface area (Å²) in [5.41, 5.74) is -2.20. The van der Waals surface area contributed by atoms with Crippen molar-refractivity contribution < 1.29 is 46.4 Å². The Morgan fingerprint density at radius 3 is 2.44 bits per heavy atom. The summed E-state index contributed by atoms with van der Waals surface area (Å²) in [6, 6.07) is 0.847. The van der Waals surface area contributed by atoms with Crippen LogP contribution in [0.1, 0.15) is 36.4 Å². The van der Waals surface area contributed by atoms with Crippen molar-refractivity contribution in [2.24, 2.45) is 0 Å². The zero-order chi connectivity index (χ0) is 33.0. The van der Waals surface area contributed by atoms with E-state index in [0.29, 0.717) is 0 Å². The first kappa shape index (κ1) is 33.0. The lowest BCUT2D eigenvalue weighted by molar-refractivity contribution is -0.230. The van der Waals surface area contributed by atoms with Crippen LogP contribution in [0.2, 0.25) is 10.0 Å². The summed E-state index contributed by atoms with van der Waals surface area (Å²) in [6.07, 6.45) is -8.42. The van der Waals surface area contributed by atoms with Gasteiger partial charge in [-0.2, -0.15) is 23.4 Å². The van der Waals surface area contributed by atoms with Gasteiger partial charge < -0.3 is 24.4 Å². The van der Waals surface area contributed by atoms with Crippen LogP contribution in [0.4, 0.5) is 22.0 Å². The van der Waals surface area contributed by atoms with Crippen molar-refractivity contribution in [3.8, 4) is 22.6 Å². The zero-order valence-electron chi connectivity index (χ0n) is 23.8. The Morgan fingerprint density at radius 2 is 1.82 bits per heavy atom.